The van der Waals surface area contributed by atoms with Gasteiger partial charge >= 0.3 is 12.1 Å². The molecular formula is C25H28F2N2O5. The number of halogens is 2. The summed E-state index contributed by atoms with van der Waals surface area (Å²) in [6.45, 7) is 3.34. The minimum absolute atomic E-state index is 0.0584. The average molecular weight is 475 g/mol. The van der Waals surface area contributed by atoms with Crippen molar-refractivity contribution in [2.24, 2.45) is 5.92 Å². The Balaban J connectivity index is 1.60. The van der Waals surface area contributed by atoms with Crippen molar-refractivity contribution in [3.8, 4) is 11.1 Å². The molecule has 0 fully saturated rings. The van der Waals surface area contributed by atoms with E-state index in [1.165, 1.54) is 0 Å². The summed E-state index contributed by atoms with van der Waals surface area (Å²) in [6, 6.07) is 12.4. The number of hydrogen-bond donors (Lipinski definition) is 3. The molecule has 0 aromatic heterocycles. The molecule has 3 rings (SSSR count). The van der Waals surface area contributed by atoms with Crippen molar-refractivity contribution < 1.29 is 33.0 Å². The lowest BCUT2D eigenvalue weighted by atomic mass is 9.98. The number of carbonyl (C=O) groups is 3. The lowest BCUT2D eigenvalue weighted by Crippen LogP contribution is -2.49. The van der Waals surface area contributed by atoms with E-state index in [0.29, 0.717) is 6.42 Å². The highest BCUT2D eigenvalue weighted by atomic mass is 19.3. The maximum absolute atomic E-state index is 13.5. The van der Waals surface area contributed by atoms with E-state index >= 15 is 0 Å². The van der Waals surface area contributed by atoms with Crippen LogP contribution in [0.15, 0.2) is 48.5 Å². The lowest BCUT2D eigenvalue weighted by molar-refractivity contribution is -0.143. The van der Waals surface area contributed by atoms with Crippen LogP contribution in [0.2, 0.25) is 0 Å². The van der Waals surface area contributed by atoms with E-state index < -0.39 is 42.9 Å². The number of carbonyl (C=O) groups excluding carboxylic acids is 2. The van der Waals surface area contributed by atoms with Gasteiger partial charge in [-0.25, -0.2) is 18.4 Å². The number of amides is 2. The largest absolute Gasteiger partial charge is 0.480 e. The molecule has 2 amide bonds. The van der Waals surface area contributed by atoms with Crippen molar-refractivity contribution >= 4 is 18.0 Å². The summed E-state index contributed by atoms with van der Waals surface area (Å²) >= 11 is 0. The summed E-state index contributed by atoms with van der Waals surface area (Å²) in [4.78, 5) is 35.9. The van der Waals surface area contributed by atoms with Crippen LogP contribution in [-0.2, 0) is 14.3 Å². The van der Waals surface area contributed by atoms with Gasteiger partial charge in [-0.2, -0.15) is 0 Å². The zero-order valence-electron chi connectivity index (χ0n) is 19.0. The third-order valence-electron chi connectivity index (χ3n) is 6.15. The van der Waals surface area contributed by atoms with Crippen LogP contribution >= 0.6 is 0 Å². The van der Waals surface area contributed by atoms with Gasteiger partial charge in [-0.3, -0.25) is 4.79 Å². The highest BCUT2D eigenvalue weighted by Gasteiger charge is 2.32. The average Bonchev–Trinajstić information content (AvgIpc) is 3.13. The Bertz CT molecular complexity index is 1000. The van der Waals surface area contributed by atoms with Crippen molar-refractivity contribution in [3.05, 3.63) is 59.7 Å². The number of ether oxygens (including phenoxy) is 1. The maximum atomic E-state index is 13.5. The van der Waals surface area contributed by atoms with Crippen LogP contribution < -0.4 is 10.6 Å². The summed E-state index contributed by atoms with van der Waals surface area (Å²) in [7, 11) is 0. The molecule has 0 bridgehead atoms. The second kappa shape index (κ2) is 11.1. The van der Waals surface area contributed by atoms with Gasteiger partial charge < -0.3 is 20.5 Å². The van der Waals surface area contributed by atoms with E-state index in [2.05, 4.69) is 5.32 Å². The number of hydrogen-bond acceptors (Lipinski definition) is 4. The molecule has 1 aliphatic carbocycles. The molecule has 3 N–H and O–H groups in total. The number of rotatable bonds is 10. The molecule has 0 spiro atoms. The number of carboxylic acids is 1. The van der Waals surface area contributed by atoms with Crippen molar-refractivity contribution in [3.63, 3.8) is 0 Å². The van der Waals surface area contributed by atoms with Gasteiger partial charge in [0.15, 0.2) is 0 Å². The van der Waals surface area contributed by atoms with Gasteiger partial charge in [0, 0.05) is 5.92 Å². The second-order valence-corrected chi connectivity index (χ2v) is 8.38. The Morgan fingerprint density at radius 2 is 1.56 bits per heavy atom. The zero-order chi connectivity index (χ0) is 24.8. The minimum atomic E-state index is -3.04. The Kier molecular flexibility index (Phi) is 8.20. The molecule has 9 heteroatoms. The SMILES string of the molecule is CCC(C)C(NC(=O)CC(NC(=O)OCC1c2ccccc2-c2ccccc21)C(F)F)C(=O)O. The third kappa shape index (κ3) is 5.70. The predicted octanol–water partition coefficient (Wildman–Crippen LogP) is 4.16. The first-order chi connectivity index (χ1) is 16.2. The van der Waals surface area contributed by atoms with Gasteiger partial charge in [-0.1, -0.05) is 68.8 Å². The molecule has 0 radical (unpaired) electrons. The number of alkyl carbamates (subject to hydrolysis) is 1. The number of benzene rings is 2. The van der Waals surface area contributed by atoms with Crippen molar-refractivity contribution in [1.82, 2.24) is 10.6 Å². The number of alkyl halides is 2. The monoisotopic (exact) mass is 474 g/mol. The fourth-order valence-electron chi connectivity index (χ4n) is 4.11. The Morgan fingerprint density at radius 1 is 1.00 bits per heavy atom. The fraction of sp³-hybridized carbons (Fsp3) is 0.400. The molecule has 3 atom stereocenters. The third-order valence-corrected chi connectivity index (χ3v) is 6.15. The molecule has 2 aromatic rings. The van der Waals surface area contributed by atoms with E-state index in [0.717, 1.165) is 22.3 Å². The molecule has 0 saturated heterocycles. The Labute approximate surface area is 196 Å². The number of carboxylic acid groups (broad SMARTS) is 1. The second-order valence-electron chi connectivity index (χ2n) is 8.38. The normalized spacial score (nSPS) is 15.1. The highest BCUT2D eigenvalue weighted by molar-refractivity contribution is 5.84. The van der Waals surface area contributed by atoms with E-state index in [4.69, 9.17) is 4.74 Å². The molecule has 0 heterocycles. The molecule has 1 aliphatic rings. The first kappa shape index (κ1) is 25.1. The standard InChI is InChI=1S/C25H28F2N2O5/c1-3-14(2)22(24(31)32)29-21(30)12-20(23(26)27)28-25(33)34-13-19-17-10-6-4-8-15(17)16-9-5-7-11-18(16)19/h4-11,14,19-20,22-23H,3,12-13H2,1-2H3,(H,28,33)(H,29,30)(H,31,32). The number of nitrogens with one attached hydrogen (secondary N) is 2. The van der Waals surface area contributed by atoms with Crippen LogP contribution in [0.5, 0.6) is 0 Å². The van der Waals surface area contributed by atoms with E-state index in [-0.39, 0.29) is 18.4 Å². The summed E-state index contributed by atoms with van der Waals surface area (Å²) in [6.07, 6.45) is -4.41. The number of fused-ring (bicyclic) bond motifs is 3. The van der Waals surface area contributed by atoms with E-state index in [1.54, 1.807) is 13.8 Å². The predicted molar refractivity (Wildman–Crippen MR) is 122 cm³/mol. The first-order valence-electron chi connectivity index (χ1n) is 11.1. The van der Waals surface area contributed by atoms with Crippen LogP contribution in [0.4, 0.5) is 13.6 Å². The van der Waals surface area contributed by atoms with E-state index in [1.807, 2.05) is 53.8 Å². The molecule has 2 aromatic carbocycles. The van der Waals surface area contributed by atoms with Crippen molar-refractivity contribution in [1.29, 1.82) is 0 Å². The Hall–Kier alpha value is -3.49. The highest BCUT2D eigenvalue weighted by Crippen LogP contribution is 2.44. The minimum Gasteiger partial charge on any atom is -0.480 e. The van der Waals surface area contributed by atoms with Gasteiger partial charge in [-0.15, -0.1) is 0 Å². The van der Waals surface area contributed by atoms with Gasteiger partial charge in [-0.05, 0) is 28.2 Å². The van der Waals surface area contributed by atoms with Crippen molar-refractivity contribution in [2.45, 2.75) is 51.1 Å². The molecule has 7 nitrogen and oxygen atoms in total. The number of aliphatic carboxylic acids is 1. The Morgan fingerprint density at radius 3 is 2.06 bits per heavy atom. The first-order valence-corrected chi connectivity index (χ1v) is 11.1. The van der Waals surface area contributed by atoms with Crippen molar-refractivity contribution in [2.75, 3.05) is 6.61 Å². The molecule has 0 saturated carbocycles. The molecule has 182 valence electrons. The van der Waals surface area contributed by atoms with Gasteiger partial charge in [0.2, 0.25) is 5.91 Å². The summed E-state index contributed by atoms with van der Waals surface area (Å²) in [5.41, 5.74) is 4.02. The van der Waals surface area contributed by atoms with Gasteiger partial charge in [0.05, 0.1) is 6.42 Å². The topological polar surface area (TPSA) is 105 Å². The van der Waals surface area contributed by atoms with Crippen LogP contribution in [0.1, 0.15) is 43.7 Å². The molecule has 3 unspecified atom stereocenters. The van der Waals surface area contributed by atoms with Crippen LogP contribution in [0.25, 0.3) is 11.1 Å². The molecule has 34 heavy (non-hydrogen) atoms. The van der Waals surface area contributed by atoms with E-state index in [9.17, 15) is 28.3 Å². The smallest absolute Gasteiger partial charge is 0.407 e. The summed E-state index contributed by atoms with van der Waals surface area (Å²) < 4.78 is 32.3. The fourth-order valence-corrected chi connectivity index (χ4v) is 4.11. The van der Waals surface area contributed by atoms with Gasteiger partial charge in [0.1, 0.15) is 18.7 Å². The molecular weight excluding hydrogens is 446 g/mol. The quantitative estimate of drug-likeness (QED) is 0.480. The van der Waals surface area contributed by atoms with Crippen LogP contribution in [0.3, 0.4) is 0 Å². The summed E-state index contributed by atoms with van der Waals surface area (Å²) in [5.74, 6) is -2.77. The maximum Gasteiger partial charge on any atom is 0.407 e. The summed E-state index contributed by atoms with van der Waals surface area (Å²) in [5, 5.41) is 13.6. The lowest BCUT2D eigenvalue weighted by Gasteiger charge is -2.22. The molecule has 0 aliphatic heterocycles. The van der Waals surface area contributed by atoms with Crippen LogP contribution in [-0.4, -0.2) is 48.2 Å². The van der Waals surface area contributed by atoms with Gasteiger partial charge in [0.25, 0.3) is 6.43 Å². The van der Waals surface area contributed by atoms with Crippen LogP contribution in [0, 0.1) is 5.92 Å². The zero-order valence-corrected chi connectivity index (χ0v) is 19.0.